The lowest BCUT2D eigenvalue weighted by molar-refractivity contribution is 0.541. The van der Waals surface area contributed by atoms with E-state index in [4.69, 9.17) is 12.6 Å². The van der Waals surface area contributed by atoms with E-state index >= 15 is 0 Å². The molecule has 0 fully saturated rings. The molecule has 0 spiro atoms. The number of hydrogen-bond acceptors (Lipinski definition) is 2. The molecule has 0 amide bonds. The molecule has 0 aliphatic heterocycles. The van der Waals surface area contributed by atoms with Gasteiger partial charge in [0.1, 0.15) is 0 Å². The average molecular weight is 305 g/mol. The molecule has 1 atom stereocenters. The number of thiol groups is 2. The third-order valence-corrected chi connectivity index (χ3v) is 4.67. The van der Waals surface area contributed by atoms with Gasteiger partial charge in [0.05, 0.1) is 0 Å². The number of unbranched alkanes of at least 4 members (excludes halogenated alkanes) is 10. The first kappa shape index (κ1) is 19.7. The molecular formula is C17H36S2. The van der Waals surface area contributed by atoms with Gasteiger partial charge in [-0.2, -0.15) is 25.3 Å². The topological polar surface area (TPSA) is 0 Å². The van der Waals surface area contributed by atoms with Crippen LogP contribution in [0.3, 0.4) is 0 Å². The smallest absolute Gasteiger partial charge is 0.00168 e. The van der Waals surface area contributed by atoms with Gasteiger partial charge in [-0.25, -0.2) is 0 Å². The third-order valence-electron chi connectivity index (χ3n) is 3.84. The van der Waals surface area contributed by atoms with Crippen molar-refractivity contribution in [2.24, 2.45) is 0 Å². The SMILES string of the molecule is CCCCCCCCCCCC(S)CCCCCS. The van der Waals surface area contributed by atoms with Gasteiger partial charge in [0.2, 0.25) is 0 Å². The van der Waals surface area contributed by atoms with Crippen molar-refractivity contribution in [1.82, 2.24) is 0 Å². The molecular weight excluding hydrogens is 268 g/mol. The molecule has 0 nitrogen and oxygen atoms in total. The number of rotatable bonds is 15. The van der Waals surface area contributed by atoms with Crippen LogP contribution in [0.4, 0.5) is 0 Å². The van der Waals surface area contributed by atoms with Crippen LogP contribution in [0.1, 0.15) is 96.8 Å². The zero-order valence-corrected chi connectivity index (χ0v) is 14.9. The molecule has 0 bridgehead atoms. The molecule has 0 aliphatic rings. The van der Waals surface area contributed by atoms with Crippen LogP contribution in [-0.2, 0) is 0 Å². The standard InChI is InChI=1S/C17H36S2/c1-2-3-4-5-6-7-8-9-11-14-17(19)15-12-10-13-16-18/h17-19H,2-16H2,1H3. The maximum Gasteiger partial charge on any atom is 0.00168 e. The van der Waals surface area contributed by atoms with Crippen molar-refractivity contribution < 1.29 is 0 Å². The Morgan fingerprint density at radius 2 is 1.05 bits per heavy atom. The third kappa shape index (κ3) is 16.6. The van der Waals surface area contributed by atoms with Crippen molar-refractivity contribution in [2.75, 3.05) is 5.75 Å². The predicted octanol–water partition coefficient (Wildman–Crippen LogP) is 6.70. The van der Waals surface area contributed by atoms with Gasteiger partial charge in [0, 0.05) is 5.25 Å². The summed E-state index contributed by atoms with van der Waals surface area (Å²) in [6, 6.07) is 0. The lowest BCUT2D eigenvalue weighted by Crippen LogP contribution is -1.98. The molecule has 0 saturated carbocycles. The van der Waals surface area contributed by atoms with Gasteiger partial charge in [0.15, 0.2) is 0 Å². The van der Waals surface area contributed by atoms with Gasteiger partial charge in [-0.05, 0) is 25.0 Å². The second-order valence-corrected chi connectivity index (χ2v) is 7.02. The van der Waals surface area contributed by atoms with Crippen LogP contribution in [0.5, 0.6) is 0 Å². The highest BCUT2D eigenvalue weighted by atomic mass is 32.1. The van der Waals surface area contributed by atoms with Crippen molar-refractivity contribution in [3.63, 3.8) is 0 Å². The van der Waals surface area contributed by atoms with Gasteiger partial charge in [-0.1, -0.05) is 77.6 Å². The Kier molecular flexibility index (Phi) is 17.4. The molecule has 0 rings (SSSR count). The van der Waals surface area contributed by atoms with Crippen molar-refractivity contribution in [3.05, 3.63) is 0 Å². The molecule has 19 heavy (non-hydrogen) atoms. The summed E-state index contributed by atoms with van der Waals surface area (Å²) in [6.07, 6.45) is 19.4. The van der Waals surface area contributed by atoms with E-state index in [1.165, 1.54) is 89.9 Å². The van der Waals surface area contributed by atoms with Crippen LogP contribution < -0.4 is 0 Å². The summed E-state index contributed by atoms with van der Waals surface area (Å²) in [6.45, 7) is 2.28. The molecule has 0 aromatic heterocycles. The Morgan fingerprint density at radius 1 is 0.632 bits per heavy atom. The van der Waals surface area contributed by atoms with Gasteiger partial charge >= 0.3 is 0 Å². The van der Waals surface area contributed by atoms with Gasteiger partial charge in [-0.3, -0.25) is 0 Å². The summed E-state index contributed by atoms with van der Waals surface area (Å²) in [5.41, 5.74) is 0. The molecule has 0 aromatic rings. The Labute approximate surface area is 133 Å². The van der Waals surface area contributed by atoms with E-state index in [1.807, 2.05) is 0 Å². The average Bonchev–Trinajstić information content (AvgIpc) is 2.42. The Balaban J connectivity index is 3.07. The lowest BCUT2D eigenvalue weighted by atomic mass is 10.0. The summed E-state index contributed by atoms with van der Waals surface area (Å²) in [5.74, 6) is 1.04. The molecule has 0 radical (unpaired) electrons. The first-order valence-corrected chi connectivity index (χ1v) is 9.75. The van der Waals surface area contributed by atoms with E-state index < -0.39 is 0 Å². The van der Waals surface area contributed by atoms with E-state index in [-0.39, 0.29) is 0 Å². The summed E-state index contributed by atoms with van der Waals surface area (Å²) in [4.78, 5) is 0. The zero-order chi connectivity index (χ0) is 14.2. The number of hydrogen-bond donors (Lipinski definition) is 2. The van der Waals surface area contributed by atoms with Crippen LogP contribution >= 0.6 is 25.3 Å². The van der Waals surface area contributed by atoms with Gasteiger partial charge in [0.25, 0.3) is 0 Å². The van der Waals surface area contributed by atoms with Crippen molar-refractivity contribution in [2.45, 2.75) is 102 Å². The van der Waals surface area contributed by atoms with Crippen molar-refractivity contribution in [3.8, 4) is 0 Å². The van der Waals surface area contributed by atoms with E-state index in [0.717, 1.165) is 5.75 Å². The summed E-state index contributed by atoms with van der Waals surface area (Å²) < 4.78 is 0. The maximum absolute atomic E-state index is 4.70. The van der Waals surface area contributed by atoms with Crippen LogP contribution in [0, 0.1) is 0 Å². The van der Waals surface area contributed by atoms with Crippen LogP contribution in [0.25, 0.3) is 0 Å². The minimum atomic E-state index is 0.643. The molecule has 0 saturated heterocycles. The van der Waals surface area contributed by atoms with E-state index in [2.05, 4.69) is 19.6 Å². The monoisotopic (exact) mass is 304 g/mol. The molecule has 0 heterocycles. The predicted molar refractivity (Wildman–Crippen MR) is 96.9 cm³/mol. The van der Waals surface area contributed by atoms with E-state index in [0.29, 0.717) is 5.25 Å². The molecule has 0 N–H and O–H groups in total. The molecule has 1 unspecified atom stereocenters. The van der Waals surface area contributed by atoms with Crippen LogP contribution in [0.15, 0.2) is 0 Å². The fourth-order valence-electron chi connectivity index (χ4n) is 2.50. The van der Waals surface area contributed by atoms with Gasteiger partial charge < -0.3 is 0 Å². The lowest BCUT2D eigenvalue weighted by Gasteiger charge is -2.10. The van der Waals surface area contributed by atoms with E-state index in [9.17, 15) is 0 Å². The fraction of sp³-hybridized carbons (Fsp3) is 1.00. The summed E-state index contributed by atoms with van der Waals surface area (Å²) >= 11 is 8.94. The summed E-state index contributed by atoms with van der Waals surface area (Å²) in [7, 11) is 0. The minimum absolute atomic E-state index is 0.643. The van der Waals surface area contributed by atoms with Crippen molar-refractivity contribution >= 4 is 25.3 Å². The highest BCUT2D eigenvalue weighted by Crippen LogP contribution is 2.17. The minimum Gasteiger partial charge on any atom is -0.179 e. The second-order valence-electron chi connectivity index (χ2n) is 5.84. The molecule has 2 heteroatoms. The highest BCUT2D eigenvalue weighted by molar-refractivity contribution is 7.81. The molecule has 116 valence electrons. The first-order valence-electron chi connectivity index (χ1n) is 8.60. The first-order chi connectivity index (χ1) is 9.31. The Hall–Kier alpha value is 0.700. The quantitative estimate of drug-likeness (QED) is 0.244. The second kappa shape index (κ2) is 16.8. The largest absolute Gasteiger partial charge is 0.179 e. The van der Waals surface area contributed by atoms with E-state index in [1.54, 1.807) is 0 Å². The van der Waals surface area contributed by atoms with Gasteiger partial charge in [-0.15, -0.1) is 0 Å². The molecule has 0 aromatic carbocycles. The van der Waals surface area contributed by atoms with Crippen molar-refractivity contribution in [1.29, 1.82) is 0 Å². The zero-order valence-electron chi connectivity index (χ0n) is 13.1. The fourth-order valence-corrected chi connectivity index (χ4v) is 3.09. The Morgan fingerprint density at radius 3 is 1.53 bits per heavy atom. The molecule has 0 aliphatic carbocycles. The maximum atomic E-state index is 4.70. The van der Waals surface area contributed by atoms with Crippen LogP contribution in [-0.4, -0.2) is 11.0 Å². The van der Waals surface area contributed by atoms with Crippen LogP contribution in [0.2, 0.25) is 0 Å². The normalized spacial score (nSPS) is 12.8. The summed E-state index contributed by atoms with van der Waals surface area (Å²) in [5, 5.41) is 0.643. The Bertz CT molecular complexity index is 159. The highest BCUT2D eigenvalue weighted by Gasteiger charge is 2.02.